The fourth-order valence-electron chi connectivity index (χ4n) is 2.28. The number of hydrogen-bond donors (Lipinski definition) is 1. The van der Waals surface area contributed by atoms with Crippen molar-refractivity contribution in [2.24, 2.45) is 0 Å². The van der Waals surface area contributed by atoms with E-state index in [0.29, 0.717) is 11.7 Å². The number of carbonyl (C=O) groups is 1. The van der Waals surface area contributed by atoms with E-state index in [4.69, 9.17) is 0 Å². The zero-order valence-corrected chi connectivity index (χ0v) is 15.8. The maximum absolute atomic E-state index is 12.2. The molecule has 0 radical (unpaired) electrons. The highest BCUT2D eigenvalue weighted by molar-refractivity contribution is 7.15. The third kappa shape index (κ3) is 4.79. The number of aryl methyl sites for hydroxylation is 3. The lowest BCUT2D eigenvalue weighted by atomic mass is 10.2. The lowest BCUT2D eigenvalue weighted by molar-refractivity contribution is -0.117. The van der Waals surface area contributed by atoms with Crippen molar-refractivity contribution in [3.63, 3.8) is 0 Å². The number of nitrogens with zero attached hydrogens (tertiary/aromatic N) is 4. The van der Waals surface area contributed by atoms with Gasteiger partial charge in [0, 0.05) is 11.3 Å². The Morgan fingerprint density at radius 1 is 1.30 bits per heavy atom. The molecule has 23 heavy (non-hydrogen) atoms. The van der Waals surface area contributed by atoms with Crippen LogP contribution in [-0.4, -0.2) is 39.6 Å². The molecule has 2 rings (SSSR count). The van der Waals surface area contributed by atoms with Crippen LogP contribution in [0.15, 0.2) is 0 Å². The summed E-state index contributed by atoms with van der Waals surface area (Å²) in [5.74, 6) is -0.0804. The predicted octanol–water partition coefficient (Wildman–Crippen LogP) is 3.20. The van der Waals surface area contributed by atoms with E-state index in [0.717, 1.165) is 28.6 Å². The van der Waals surface area contributed by atoms with Gasteiger partial charge in [0.25, 0.3) is 0 Å². The van der Waals surface area contributed by atoms with Crippen LogP contribution in [-0.2, 0) is 11.2 Å². The van der Waals surface area contributed by atoms with Crippen LogP contribution < -0.4 is 5.32 Å². The van der Waals surface area contributed by atoms with Gasteiger partial charge in [-0.15, -0.1) is 21.5 Å². The van der Waals surface area contributed by atoms with E-state index in [9.17, 15) is 4.79 Å². The Morgan fingerprint density at radius 3 is 2.65 bits per heavy atom. The first-order chi connectivity index (χ1) is 10.9. The largest absolute Gasteiger partial charge is 0.299 e. The molecular weight excluding hydrogens is 330 g/mol. The molecule has 0 bridgehead atoms. The van der Waals surface area contributed by atoms with Crippen molar-refractivity contribution in [3.8, 4) is 0 Å². The van der Waals surface area contributed by atoms with Crippen LogP contribution in [0, 0.1) is 13.8 Å². The number of rotatable bonds is 7. The average molecular weight is 354 g/mol. The van der Waals surface area contributed by atoms with Gasteiger partial charge < -0.3 is 0 Å². The van der Waals surface area contributed by atoms with Crippen LogP contribution in [0.25, 0.3) is 0 Å². The molecule has 1 atom stereocenters. The van der Waals surface area contributed by atoms with E-state index in [-0.39, 0.29) is 11.9 Å². The smallest absolute Gasteiger partial charge is 0.240 e. The van der Waals surface area contributed by atoms with Crippen LogP contribution >= 0.6 is 22.7 Å². The molecule has 0 fully saturated rings. The Morgan fingerprint density at radius 2 is 2.04 bits per heavy atom. The van der Waals surface area contributed by atoms with Crippen molar-refractivity contribution >= 4 is 33.7 Å². The van der Waals surface area contributed by atoms with Crippen molar-refractivity contribution in [3.05, 3.63) is 20.6 Å². The minimum absolute atomic E-state index is 0.0804. The molecule has 1 N–H and O–H groups in total. The van der Waals surface area contributed by atoms with Gasteiger partial charge in [0.1, 0.15) is 5.01 Å². The van der Waals surface area contributed by atoms with Gasteiger partial charge in [-0.2, -0.15) is 0 Å². The molecule has 2 heterocycles. The van der Waals surface area contributed by atoms with Crippen LogP contribution in [0.1, 0.15) is 46.9 Å². The highest BCUT2D eigenvalue weighted by Gasteiger charge is 2.20. The number of hydrogen-bond acceptors (Lipinski definition) is 7. The first kappa shape index (κ1) is 18.0. The van der Waals surface area contributed by atoms with Gasteiger partial charge >= 0.3 is 0 Å². The first-order valence-electron chi connectivity index (χ1n) is 7.67. The lowest BCUT2D eigenvalue weighted by Gasteiger charge is -2.23. The minimum atomic E-state index is -0.0804. The molecule has 2 aromatic rings. The maximum Gasteiger partial charge on any atom is 0.240 e. The molecule has 1 unspecified atom stereocenters. The monoisotopic (exact) mass is 353 g/mol. The Kier molecular flexibility index (Phi) is 6.20. The summed E-state index contributed by atoms with van der Waals surface area (Å²) in [6.45, 7) is 8.53. The number of aromatic nitrogens is 3. The number of anilines is 1. The predicted molar refractivity (Wildman–Crippen MR) is 95.2 cm³/mol. The van der Waals surface area contributed by atoms with Crippen LogP contribution in [0.2, 0.25) is 0 Å². The lowest BCUT2D eigenvalue weighted by Crippen LogP contribution is -2.32. The molecule has 0 saturated carbocycles. The molecule has 0 saturated heterocycles. The van der Waals surface area contributed by atoms with Gasteiger partial charge in [-0.3, -0.25) is 15.0 Å². The van der Waals surface area contributed by atoms with Gasteiger partial charge in [-0.1, -0.05) is 18.3 Å². The molecule has 6 nitrogen and oxygen atoms in total. The highest BCUT2D eigenvalue weighted by atomic mass is 32.1. The van der Waals surface area contributed by atoms with Crippen LogP contribution in [0.5, 0.6) is 0 Å². The Bertz CT molecular complexity index is 667. The summed E-state index contributed by atoms with van der Waals surface area (Å²) in [5, 5.41) is 13.5. The average Bonchev–Trinajstić information content (AvgIpc) is 3.04. The van der Waals surface area contributed by atoms with Crippen molar-refractivity contribution in [2.75, 3.05) is 18.9 Å². The molecule has 2 aromatic heterocycles. The molecule has 8 heteroatoms. The van der Waals surface area contributed by atoms with E-state index in [2.05, 4.69) is 41.3 Å². The molecule has 0 aliphatic heterocycles. The summed E-state index contributed by atoms with van der Waals surface area (Å²) in [6, 6.07) is 0.0933. The standard InChI is InChI=1S/C15H23N5OS2/c1-6-7-13-18-19-15(23-13)17-12(21)8-20(5)9(2)14-10(3)22-11(4)16-14/h9H,6-8H2,1-5H3,(H,17,19,21). The summed E-state index contributed by atoms with van der Waals surface area (Å²) < 4.78 is 0. The number of amides is 1. The Hall–Kier alpha value is -1.38. The minimum Gasteiger partial charge on any atom is -0.299 e. The van der Waals surface area contributed by atoms with E-state index in [1.54, 1.807) is 11.3 Å². The summed E-state index contributed by atoms with van der Waals surface area (Å²) in [7, 11) is 1.93. The van der Waals surface area contributed by atoms with Crippen molar-refractivity contribution in [2.45, 2.75) is 46.6 Å². The molecule has 126 valence electrons. The van der Waals surface area contributed by atoms with Crippen LogP contribution in [0.4, 0.5) is 5.13 Å². The van der Waals surface area contributed by atoms with E-state index in [1.807, 2.05) is 18.9 Å². The molecule has 0 aromatic carbocycles. The fourth-order valence-corrected chi connectivity index (χ4v) is 4.05. The summed E-state index contributed by atoms with van der Waals surface area (Å²) >= 11 is 3.13. The molecule has 0 spiro atoms. The van der Waals surface area contributed by atoms with E-state index < -0.39 is 0 Å². The second kappa shape index (κ2) is 7.94. The van der Waals surface area contributed by atoms with Gasteiger partial charge in [0.2, 0.25) is 11.0 Å². The Balaban J connectivity index is 1.92. The number of thiazole rings is 1. The SMILES string of the molecule is CCCc1nnc(NC(=O)CN(C)C(C)c2nc(C)sc2C)s1. The summed E-state index contributed by atoms with van der Waals surface area (Å²) in [5.41, 5.74) is 1.05. The second-order valence-corrected chi connectivity index (χ2v) is 8.03. The van der Waals surface area contributed by atoms with Crippen molar-refractivity contribution in [1.29, 1.82) is 0 Å². The zero-order valence-electron chi connectivity index (χ0n) is 14.2. The van der Waals surface area contributed by atoms with Gasteiger partial charge in [-0.05, 0) is 34.2 Å². The fraction of sp³-hybridized carbons (Fsp3) is 0.600. The van der Waals surface area contributed by atoms with Crippen molar-refractivity contribution in [1.82, 2.24) is 20.1 Å². The van der Waals surface area contributed by atoms with Gasteiger partial charge in [0.05, 0.1) is 23.3 Å². The van der Waals surface area contributed by atoms with Crippen LogP contribution in [0.3, 0.4) is 0 Å². The third-order valence-electron chi connectivity index (χ3n) is 3.57. The Labute approximate surface area is 145 Å². The highest BCUT2D eigenvalue weighted by Crippen LogP contribution is 2.26. The summed E-state index contributed by atoms with van der Waals surface area (Å²) in [6.07, 6.45) is 1.92. The quantitative estimate of drug-likeness (QED) is 0.828. The van der Waals surface area contributed by atoms with E-state index >= 15 is 0 Å². The zero-order chi connectivity index (χ0) is 17.0. The number of likely N-dealkylation sites (N-methyl/N-ethyl adjacent to an activating group) is 1. The summed E-state index contributed by atoms with van der Waals surface area (Å²) in [4.78, 5) is 20.0. The maximum atomic E-state index is 12.2. The molecule has 0 aliphatic carbocycles. The first-order valence-corrected chi connectivity index (χ1v) is 9.30. The van der Waals surface area contributed by atoms with E-state index in [1.165, 1.54) is 16.2 Å². The molecular formula is C15H23N5OS2. The van der Waals surface area contributed by atoms with Gasteiger partial charge in [0.15, 0.2) is 0 Å². The topological polar surface area (TPSA) is 71.0 Å². The molecule has 0 aliphatic rings. The number of carbonyl (C=O) groups excluding carboxylic acids is 1. The number of nitrogens with one attached hydrogen (secondary N) is 1. The van der Waals surface area contributed by atoms with Gasteiger partial charge in [-0.25, -0.2) is 4.98 Å². The molecule has 1 amide bonds. The second-order valence-electron chi connectivity index (χ2n) is 5.56. The third-order valence-corrected chi connectivity index (χ3v) is 5.37. The normalized spacial score (nSPS) is 12.6. The van der Waals surface area contributed by atoms with Crippen molar-refractivity contribution < 1.29 is 4.79 Å².